The third-order valence-electron chi connectivity index (χ3n) is 3.51. The van der Waals surface area contributed by atoms with Crippen molar-refractivity contribution >= 4 is 17.5 Å². The Balaban J connectivity index is 2.41. The molecule has 1 N–H and O–H groups in total. The van der Waals surface area contributed by atoms with Gasteiger partial charge >= 0.3 is 11.7 Å². The van der Waals surface area contributed by atoms with Gasteiger partial charge in [0.15, 0.2) is 0 Å². The Hall–Kier alpha value is -2.12. The number of anilines is 1. The van der Waals surface area contributed by atoms with Gasteiger partial charge in [0.25, 0.3) is 0 Å². The van der Waals surface area contributed by atoms with Crippen LogP contribution in [0.2, 0.25) is 0 Å². The molecular weight excluding hydrogens is 276 g/mol. The third-order valence-corrected chi connectivity index (χ3v) is 3.51. The Morgan fingerprint density at radius 3 is 2.71 bits per heavy atom. The molecule has 1 fully saturated rings. The van der Waals surface area contributed by atoms with Crippen LogP contribution >= 0.6 is 0 Å². The summed E-state index contributed by atoms with van der Waals surface area (Å²) in [5.41, 5.74) is 0.380. The van der Waals surface area contributed by atoms with Crippen molar-refractivity contribution in [3.8, 4) is 0 Å². The molecule has 1 aromatic rings. The third kappa shape index (κ3) is 3.32. The van der Waals surface area contributed by atoms with Gasteiger partial charge in [-0.15, -0.1) is 0 Å². The van der Waals surface area contributed by atoms with E-state index in [0.717, 1.165) is 19.3 Å². The molecule has 8 nitrogen and oxygen atoms in total. The van der Waals surface area contributed by atoms with E-state index in [-0.39, 0.29) is 24.7 Å². The van der Waals surface area contributed by atoms with E-state index in [1.165, 1.54) is 0 Å². The van der Waals surface area contributed by atoms with Crippen LogP contribution in [0.15, 0.2) is 0 Å². The van der Waals surface area contributed by atoms with E-state index in [4.69, 9.17) is 5.11 Å². The van der Waals surface area contributed by atoms with Gasteiger partial charge in [-0.05, 0) is 26.2 Å². The summed E-state index contributed by atoms with van der Waals surface area (Å²) in [5, 5.41) is 24.5. The largest absolute Gasteiger partial charge is 0.481 e. The summed E-state index contributed by atoms with van der Waals surface area (Å²) in [6.45, 7) is 4.46. The first-order valence-electron chi connectivity index (χ1n) is 7.16. The number of aryl methyl sites for hydroxylation is 2. The predicted molar refractivity (Wildman–Crippen MR) is 76.5 cm³/mol. The second-order valence-corrected chi connectivity index (χ2v) is 5.31. The van der Waals surface area contributed by atoms with Gasteiger partial charge < -0.3 is 10.0 Å². The molecule has 0 bridgehead atoms. The summed E-state index contributed by atoms with van der Waals surface area (Å²) in [7, 11) is 0. The smallest absolute Gasteiger partial charge is 0.333 e. The minimum absolute atomic E-state index is 0.000684. The van der Waals surface area contributed by atoms with Crippen molar-refractivity contribution in [3.05, 3.63) is 15.8 Å². The molecule has 1 saturated carbocycles. The van der Waals surface area contributed by atoms with Crippen molar-refractivity contribution in [2.75, 3.05) is 11.4 Å². The molecule has 0 spiro atoms. The quantitative estimate of drug-likeness (QED) is 0.581. The summed E-state index contributed by atoms with van der Waals surface area (Å²) in [6.07, 6.45) is 2.65. The van der Waals surface area contributed by atoms with Crippen molar-refractivity contribution < 1.29 is 14.8 Å². The summed E-state index contributed by atoms with van der Waals surface area (Å²) < 4.78 is 1.65. The van der Waals surface area contributed by atoms with Crippen LogP contribution < -0.4 is 4.90 Å². The molecular formula is C13H20N4O4. The van der Waals surface area contributed by atoms with Gasteiger partial charge in [0, 0.05) is 19.1 Å². The highest BCUT2D eigenvalue weighted by atomic mass is 16.6. The summed E-state index contributed by atoms with van der Waals surface area (Å²) >= 11 is 0. The van der Waals surface area contributed by atoms with E-state index < -0.39 is 10.9 Å². The zero-order valence-corrected chi connectivity index (χ0v) is 12.3. The van der Waals surface area contributed by atoms with Gasteiger partial charge in [0.05, 0.1) is 11.3 Å². The number of carboxylic acids is 1. The Morgan fingerprint density at radius 2 is 2.24 bits per heavy atom. The van der Waals surface area contributed by atoms with E-state index >= 15 is 0 Å². The van der Waals surface area contributed by atoms with Crippen molar-refractivity contribution in [2.24, 2.45) is 0 Å². The van der Waals surface area contributed by atoms with Gasteiger partial charge in [-0.3, -0.25) is 14.9 Å². The van der Waals surface area contributed by atoms with Gasteiger partial charge in [-0.2, -0.15) is 5.10 Å². The van der Waals surface area contributed by atoms with Crippen LogP contribution in [0.1, 0.15) is 38.3 Å². The van der Waals surface area contributed by atoms with Gasteiger partial charge in [0.2, 0.25) is 5.82 Å². The van der Waals surface area contributed by atoms with Gasteiger partial charge in [-0.1, -0.05) is 6.92 Å². The number of hydrogen-bond acceptors (Lipinski definition) is 5. The van der Waals surface area contributed by atoms with Crippen LogP contribution in [0.5, 0.6) is 0 Å². The lowest BCUT2D eigenvalue weighted by atomic mass is 10.3. The van der Waals surface area contributed by atoms with Crippen LogP contribution in [-0.4, -0.2) is 38.4 Å². The number of hydrogen-bond donors (Lipinski definition) is 1. The van der Waals surface area contributed by atoms with E-state index in [0.29, 0.717) is 18.1 Å². The second-order valence-electron chi connectivity index (χ2n) is 5.31. The SMILES string of the molecule is CCCn1nc(C)c([N+](=O)[O-])c1N(CCC(=O)O)C1CC1. The highest BCUT2D eigenvalue weighted by Gasteiger charge is 2.37. The highest BCUT2D eigenvalue weighted by Crippen LogP contribution is 2.38. The summed E-state index contributed by atoms with van der Waals surface area (Å²) in [4.78, 5) is 23.6. The van der Waals surface area contributed by atoms with Crippen LogP contribution in [0.3, 0.4) is 0 Å². The fourth-order valence-electron chi connectivity index (χ4n) is 2.49. The fraction of sp³-hybridized carbons (Fsp3) is 0.692. The maximum absolute atomic E-state index is 11.4. The number of nitro groups is 1. The monoisotopic (exact) mass is 296 g/mol. The molecule has 21 heavy (non-hydrogen) atoms. The minimum Gasteiger partial charge on any atom is -0.481 e. The van der Waals surface area contributed by atoms with Crippen molar-refractivity contribution in [2.45, 2.75) is 52.1 Å². The van der Waals surface area contributed by atoms with E-state index in [1.807, 2.05) is 11.8 Å². The van der Waals surface area contributed by atoms with Crippen LogP contribution in [0, 0.1) is 17.0 Å². The summed E-state index contributed by atoms with van der Waals surface area (Å²) in [5.74, 6) is -0.440. The molecule has 0 aliphatic heterocycles. The number of aliphatic carboxylic acids is 1. The van der Waals surface area contributed by atoms with Crippen LogP contribution in [0.4, 0.5) is 11.5 Å². The average Bonchev–Trinajstić information content (AvgIpc) is 3.15. The number of aromatic nitrogens is 2. The molecule has 0 aromatic carbocycles. The van der Waals surface area contributed by atoms with Crippen LogP contribution in [-0.2, 0) is 11.3 Å². The highest BCUT2D eigenvalue weighted by molar-refractivity contribution is 5.69. The molecule has 1 aromatic heterocycles. The molecule has 0 saturated heterocycles. The van der Waals surface area contributed by atoms with E-state index in [9.17, 15) is 14.9 Å². The standard InChI is InChI=1S/C13H20N4O4/c1-3-7-16-13(12(17(20)21)9(2)14-16)15(10-4-5-10)8-6-11(18)19/h10H,3-8H2,1-2H3,(H,18,19). The first-order chi connectivity index (χ1) is 9.95. The molecule has 0 radical (unpaired) electrons. The van der Waals surface area contributed by atoms with Crippen molar-refractivity contribution in [3.63, 3.8) is 0 Å². The maximum Gasteiger partial charge on any atom is 0.333 e. The van der Waals surface area contributed by atoms with Gasteiger partial charge in [-0.25, -0.2) is 4.68 Å². The van der Waals surface area contributed by atoms with Gasteiger partial charge in [0.1, 0.15) is 5.69 Å². The lowest BCUT2D eigenvalue weighted by Crippen LogP contribution is -2.31. The molecule has 116 valence electrons. The topological polar surface area (TPSA) is 101 Å². The second kappa shape index (κ2) is 6.11. The molecule has 2 rings (SSSR count). The normalized spacial score (nSPS) is 14.2. The first-order valence-corrected chi connectivity index (χ1v) is 7.16. The number of carbonyl (C=O) groups is 1. The lowest BCUT2D eigenvalue weighted by molar-refractivity contribution is -0.384. The molecule has 1 heterocycles. The Labute approximate surface area is 122 Å². The van der Waals surface area contributed by atoms with E-state index in [1.54, 1.807) is 11.6 Å². The minimum atomic E-state index is -0.901. The predicted octanol–water partition coefficient (Wildman–Crippen LogP) is 1.95. The maximum atomic E-state index is 11.4. The molecule has 0 unspecified atom stereocenters. The number of rotatable bonds is 8. The zero-order valence-electron chi connectivity index (χ0n) is 12.3. The first kappa shape index (κ1) is 15.3. The fourth-order valence-corrected chi connectivity index (χ4v) is 2.49. The summed E-state index contributed by atoms with van der Waals surface area (Å²) in [6, 6.07) is 0.190. The Kier molecular flexibility index (Phi) is 4.44. The lowest BCUT2D eigenvalue weighted by Gasteiger charge is -2.23. The Morgan fingerprint density at radius 1 is 1.57 bits per heavy atom. The molecule has 1 aliphatic rings. The number of nitrogens with zero attached hydrogens (tertiary/aromatic N) is 4. The molecule has 8 heteroatoms. The van der Waals surface area contributed by atoms with Crippen LogP contribution in [0.25, 0.3) is 0 Å². The molecule has 0 atom stereocenters. The zero-order chi connectivity index (χ0) is 15.6. The van der Waals surface area contributed by atoms with E-state index in [2.05, 4.69) is 5.10 Å². The Bertz CT molecular complexity index is 551. The molecule has 1 aliphatic carbocycles. The molecule has 0 amide bonds. The van der Waals surface area contributed by atoms with Crippen molar-refractivity contribution in [1.29, 1.82) is 0 Å². The number of carboxylic acid groups (broad SMARTS) is 1. The van der Waals surface area contributed by atoms with Crippen molar-refractivity contribution in [1.82, 2.24) is 9.78 Å². The average molecular weight is 296 g/mol.